The standard InChI is InChI=1S/C8H16O4/c1-4(2)8-7(11)6(10)5(9)3-12-8/h4-11H,3H2,1-2H3/t5-,6?,7?,8-/m0/s1. The van der Waals surface area contributed by atoms with E-state index in [0.29, 0.717) is 0 Å². The van der Waals surface area contributed by atoms with Gasteiger partial charge in [0.1, 0.15) is 18.3 Å². The van der Waals surface area contributed by atoms with E-state index in [1.54, 1.807) is 0 Å². The Hall–Kier alpha value is -0.160. The molecule has 0 spiro atoms. The van der Waals surface area contributed by atoms with Crippen molar-refractivity contribution in [3.63, 3.8) is 0 Å². The number of hydrogen-bond donors (Lipinski definition) is 3. The van der Waals surface area contributed by atoms with Crippen LogP contribution in [0.15, 0.2) is 0 Å². The van der Waals surface area contributed by atoms with Crippen molar-refractivity contribution in [2.24, 2.45) is 5.92 Å². The molecule has 4 nitrogen and oxygen atoms in total. The SMILES string of the molecule is CC(C)[C@@H]1OC[C@H](O)C(O)C1O. The highest BCUT2D eigenvalue weighted by Crippen LogP contribution is 2.20. The first-order valence-corrected chi connectivity index (χ1v) is 4.20. The highest BCUT2D eigenvalue weighted by atomic mass is 16.5. The summed E-state index contributed by atoms with van der Waals surface area (Å²) in [6, 6.07) is 0. The highest BCUT2D eigenvalue weighted by molar-refractivity contribution is 4.87. The molecule has 1 aliphatic heterocycles. The Labute approximate surface area is 71.8 Å². The Kier molecular flexibility index (Phi) is 3.06. The van der Waals surface area contributed by atoms with Gasteiger partial charge in [0.2, 0.25) is 0 Å². The number of ether oxygens (including phenoxy) is 1. The van der Waals surface area contributed by atoms with Crippen molar-refractivity contribution >= 4 is 0 Å². The van der Waals surface area contributed by atoms with Gasteiger partial charge in [-0.1, -0.05) is 13.8 Å². The van der Waals surface area contributed by atoms with Gasteiger partial charge >= 0.3 is 0 Å². The van der Waals surface area contributed by atoms with Crippen LogP contribution in [-0.2, 0) is 4.74 Å². The molecule has 0 amide bonds. The van der Waals surface area contributed by atoms with Crippen LogP contribution in [0, 0.1) is 5.92 Å². The second kappa shape index (κ2) is 3.70. The zero-order chi connectivity index (χ0) is 9.30. The molecule has 4 heteroatoms. The summed E-state index contributed by atoms with van der Waals surface area (Å²) in [6.45, 7) is 3.90. The molecule has 3 N–H and O–H groups in total. The molecule has 12 heavy (non-hydrogen) atoms. The Bertz CT molecular complexity index is 148. The summed E-state index contributed by atoms with van der Waals surface area (Å²) in [5.41, 5.74) is 0. The van der Waals surface area contributed by atoms with E-state index < -0.39 is 18.3 Å². The Balaban J connectivity index is 2.58. The quantitative estimate of drug-likeness (QED) is 0.485. The first kappa shape index (κ1) is 9.92. The number of aliphatic hydroxyl groups excluding tert-OH is 3. The topological polar surface area (TPSA) is 69.9 Å². The third-order valence-corrected chi connectivity index (χ3v) is 2.20. The van der Waals surface area contributed by atoms with Gasteiger partial charge in [0.25, 0.3) is 0 Å². The van der Waals surface area contributed by atoms with E-state index in [-0.39, 0.29) is 18.6 Å². The lowest BCUT2D eigenvalue weighted by atomic mass is 9.93. The van der Waals surface area contributed by atoms with Crippen LogP contribution in [0.25, 0.3) is 0 Å². The lowest BCUT2D eigenvalue weighted by molar-refractivity contribution is -0.197. The van der Waals surface area contributed by atoms with E-state index in [0.717, 1.165) is 0 Å². The third-order valence-electron chi connectivity index (χ3n) is 2.20. The van der Waals surface area contributed by atoms with Gasteiger partial charge in [-0.05, 0) is 5.92 Å². The minimum atomic E-state index is -1.08. The molecule has 0 aromatic carbocycles. The summed E-state index contributed by atoms with van der Waals surface area (Å²) in [5, 5.41) is 27.8. The van der Waals surface area contributed by atoms with Crippen LogP contribution >= 0.6 is 0 Å². The largest absolute Gasteiger partial charge is 0.388 e. The van der Waals surface area contributed by atoms with Crippen LogP contribution in [0.1, 0.15) is 13.8 Å². The van der Waals surface area contributed by atoms with E-state index >= 15 is 0 Å². The van der Waals surface area contributed by atoms with Crippen LogP contribution in [0.4, 0.5) is 0 Å². The molecule has 1 fully saturated rings. The summed E-state index contributed by atoms with van der Waals surface area (Å²) in [4.78, 5) is 0. The maximum absolute atomic E-state index is 9.44. The van der Waals surface area contributed by atoms with E-state index in [4.69, 9.17) is 9.84 Å². The molecule has 1 aliphatic rings. The smallest absolute Gasteiger partial charge is 0.111 e. The van der Waals surface area contributed by atoms with Crippen molar-refractivity contribution in [2.45, 2.75) is 38.3 Å². The number of rotatable bonds is 1. The monoisotopic (exact) mass is 176 g/mol. The van der Waals surface area contributed by atoms with E-state index in [9.17, 15) is 10.2 Å². The van der Waals surface area contributed by atoms with Crippen molar-refractivity contribution in [1.29, 1.82) is 0 Å². The summed E-state index contributed by atoms with van der Waals surface area (Å²) in [6.07, 6.45) is -3.39. The second-order valence-electron chi connectivity index (χ2n) is 3.59. The second-order valence-corrected chi connectivity index (χ2v) is 3.59. The van der Waals surface area contributed by atoms with Gasteiger partial charge in [-0.25, -0.2) is 0 Å². The van der Waals surface area contributed by atoms with E-state index in [1.807, 2.05) is 13.8 Å². The first-order valence-electron chi connectivity index (χ1n) is 4.20. The Morgan fingerprint density at radius 1 is 1.17 bits per heavy atom. The average Bonchev–Trinajstić information content (AvgIpc) is 2.00. The van der Waals surface area contributed by atoms with Gasteiger partial charge in [-0.2, -0.15) is 0 Å². The summed E-state index contributed by atoms with van der Waals surface area (Å²) in [7, 11) is 0. The number of hydrogen-bond acceptors (Lipinski definition) is 4. The van der Waals surface area contributed by atoms with Crippen molar-refractivity contribution in [1.82, 2.24) is 0 Å². The van der Waals surface area contributed by atoms with Gasteiger partial charge in [-0.3, -0.25) is 0 Å². The molecule has 1 saturated heterocycles. The minimum absolute atomic E-state index is 0.0983. The summed E-state index contributed by atoms with van der Waals surface area (Å²) < 4.78 is 5.17. The fourth-order valence-corrected chi connectivity index (χ4v) is 1.42. The fraction of sp³-hybridized carbons (Fsp3) is 1.00. The van der Waals surface area contributed by atoms with Crippen LogP contribution in [0.2, 0.25) is 0 Å². The van der Waals surface area contributed by atoms with Crippen molar-refractivity contribution in [3.8, 4) is 0 Å². The van der Waals surface area contributed by atoms with E-state index in [2.05, 4.69) is 0 Å². The molecule has 2 unspecified atom stereocenters. The van der Waals surface area contributed by atoms with Crippen LogP contribution in [0.3, 0.4) is 0 Å². The molecule has 0 radical (unpaired) electrons. The maximum atomic E-state index is 9.44. The summed E-state index contributed by atoms with van der Waals surface area (Å²) >= 11 is 0. The van der Waals surface area contributed by atoms with Crippen molar-refractivity contribution < 1.29 is 20.1 Å². The normalized spacial score (nSPS) is 43.5. The van der Waals surface area contributed by atoms with Gasteiger partial charge < -0.3 is 20.1 Å². The van der Waals surface area contributed by atoms with Gasteiger partial charge in [-0.15, -0.1) is 0 Å². The zero-order valence-electron chi connectivity index (χ0n) is 7.34. The van der Waals surface area contributed by atoms with E-state index in [1.165, 1.54) is 0 Å². The summed E-state index contributed by atoms with van der Waals surface area (Å²) in [5.74, 6) is 0.141. The van der Waals surface area contributed by atoms with Crippen molar-refractivity contribution in [3.05, 3.63) is 0 Å². The average molecular weight is 176 g/mol. The van der Waals surface area contributed by atoms with Gasteiger partial charge in [0.05, 0.1) is 12.7 Å². The maximum Gasteiger partial charge on any atom is 0.111 e. The minimum Gasteiger partial charge on any atom is -0.388 e. The molecular weight excluding hydrogens is 160 g/mol. The lowest BCUT2D eigenvalue weighted by Crippen LogP contribution is -2.54. The molecule has 72 valence electrons. The molecule has 0 aromatic heterocycles. The molecule has 4 atom stereocenters. The predicted octanol–water partition coefficient (Wildman–Crippen LogP) is -0.876. The zero-order valence-corrected chi connectivity index (χ0v) is 7.34. The molecule has 0 saturated carbocycles. The highest BCUT2D eigenvalue weighted by Gasteiger charge is 2.38. The fourth-order valence-electron chi connectivity index (χ4n) is 1.42. The molecule has 0 aromatic rings. The van der Waals surface area contributed by atoms with Crippen LogP contribution < -0.4 is 0 Å². The molecule has 0 bridgehead atoms. The molecule has 1 rings (SSSR count). The van der Waals surface area contributed by atoms with Gasteiger partial charge in [0.15, 0.2) is 0 Å². The van der Waals surface area contributed by atoms with Gasteiger partial charge in [0, 0.05) is 0 Å². The van der Waals surface area contributed by atoms with Crippen molar-refractivity contribution in [2.75, 3.05) is 6.61 Å². The van der Waals surface area contributed by atoms with Crippen LogP contribution in [-0.4, -0.2) is 46.3 Å². The first-order chi connectivity index (χ1) is 5.54. The molecular formula is C8H16O4. The predicted molar refractivity (Wildman–Crippen MR) is 42.6 cm³/mol. The Morgan fingerprint density at radius 2 is 1.75 bits per heavy atom. The Morgan fingerprint density at radius 3 is 2.25 bits per heavy atom. The molecule has 1 heterocycles. The van der Waals surface area contributed by atoms with Crippen LogP contribution in [0.5, 0.6) is 0 Å². The molecule has 0 aliphatic carbocycles. The lowest BCUT2D eigenvalue weighted by Gasteiger charge is -2.37. The number of aliphatic hydroxyl groups is 3. The third kappa shape index (κ3) is 1.77.